The van der Waals surface area contributed by atoms with Crippen molar-refractivity contribution >= 4 is 5.97 Å². The second kappa shape index (κ2) is 13.8. The van der Waals surface area contributed by atoms with Crippen LogP contribution in [0.25, 0.3) is 0 Å². The SMILES string of the molecule is CCCCCCCCCCCCCC/C=C\C1CCC(=O)O1. The van der Waals surface area contributed by atoms with Gasteiger partial charge in [0.25, 0.3) is 0 Å². The molecule has 1 atom stereocenters. The molecule has 0 N–H and O–H groups in total. The van der Waals surface area contributed by atoms with Crippen LogP contribution in [0, 0.1) is 0 Å². The van der Waals surface area contributed by atoms with Gasteiger partial charge in [0, 0.05) is 6.42 Å². The summed E-state index contributed by atoms with van der Waals surface area (Å²) < 4.78 is 5.15. The van der Waals surface area contributed by atoms with Crippen LogP contribution in [-0.2, 0) is 9.53 Å². The number of cyclic esters (lactones) is 1. The van der Waals surface area contributed by atoms with Crippen LogP contribution in [0.5, 0.6) is 0 Å². The zero-order valence-electron chi connectivity index (χ0n) is 14.7. The van der Waals surface area contributed by atoms with Crippen LogP contribution in [-0.4, -0.2) is 12.1 Å². The van der Waals surface area contributed by atoms with Crippen molar-refractivity contribution < 1.29 is 9.53 Å². The highest BCUT2D eigenvalue weighted by atomic mass is 16.5. The van der Waals surface area contributed by atoms with Crippen molar-refractivity contribution in [1.82, 2.24) is 0 Å². The van der Waals surface area contributed by atoms with E-state index in [2.05, 4.69) is 19.1 Å². The molecule has 128 valence electrons. The molecule has 0 bridgehead atoms. The summed E-state index contributed by atoms with van der Waals surface area (Å²) in [5.41, 5.74) is 0. The minimum absolute atomic E-state index is 0.0417. The first-order chi connectivity index (χ1) is 10.8. The van der Waals surface area contributed by atoms with Gasteiger partial charge in [-0.2, -0.15) is 0 Å². The molecule has 0 radical (unpaired) electrons. The zero-order valence-corrected chi connectivity index (χ0v) is 14.7. The number of hydrogen-bond donors (Lipinski definition) is 0. The largest absolute Gasteiger partial charge is 0.458 e. The first-order valence-corrected chi connectivity index (χ1v) is 9.69. The summed E-state index contributed by atoms with van der Waals surface area (Å²) in [7, 11) is 0. The smallest absolute Gasteiger partial charge is 0.306 e. The number of ether oxygens (including phenoxy) is 1. The Hall–Kier alpha value is -0.790. The molecule has 1 unspecified atom stereocenters. The molecular weight excluding hydrogens is 272 g/mol. The Morgan fingerprint density at radius 2 is 1.45 bits per heavy atom. The summed E-state index contributed by atoms with van der Waals surface area (Å²) in [4.78, 5) is 10.9. The number of rotatable bonds is 14. The van der Waals surface area contributed by atoms with Crippen molar-refractivity contribution in [3.05, 3.63) is 12.2 Å². The summed E-state index contributed by atoms with van der Waals surface area (Å²) in [6, 6.07) is 0. The molecule has 1 aliphatic rings. The number of hydrogen-bond acceptors (Lipinski definition) is 2. The first kappa shape index (κ1) is 19.3. The Bertz CT molecular complexity index is 296. The highest BCUT2D eigenvalue weighted by Gasteiger charge is 2.19. The predicted molar refractivity (Wildman–Crippen MR) is 93.9 cm³/mol. The van der Waals surface area contributed by atoms with E-state index in [0.717, 1.165) is 12.8 Å². The molecule has 1 heterocycles. The van der Waals surface area contributed by atoms with Gasteiger partial charge in [-0.15, -0.1) is 0 Å². The minimum atomic E-state index is -0.0417. The second-order valence-corrected chi connectivity index (χ2v) is 6.67. The third-order valence-corrected chi connectivity index (χ3v) is 4.49. The number of esters is 1. The number of carbonyl (C=O) groups excluding carboxylic acids is 1. The summed E-state index contributed by atoms with van der Waals surface area (Å²) >= 11 is 0. The molecule has 22 heavy (non-hydrogen) atoms. The van der Waals surface area contributed by atoms with Gasteiger partial charge in [-0.25, -0.2) is 0 Å². The number of allylic oxidation sites excluding steroid dienone is 1. The van der Waals surface area contributed by atoms with Crippen molar-refractivity contribution in [3.8, 4) is 0 Å². The molecule has 0 spiro atoms. The Balaban J connectivity index is 1.74. The maximum Gasteiger partial charge on any atom is 0.306 e. The number of carbonyl (C=O) groups is 1. The van der Waals surface area contributed by atoms with E-state index < -0.39 is 0 Å². The molecule has 0 aromatic heterocycles. The van der Waals surface area contributed by atoms with Gasteiger partial charge in [0.15, 0.2) is 0 Å². The Morgan fingerprint density at radius 3 is 1.95 bits per heavy atom. The van der Waals surface area contributed by atoms with Crippen LogP contribution in [0.15, 0.2) is 12.2 Å². The summed E-state index contributed by atoms with van der Waals surface area (Å²) in [6.45, 7) is 2.28. The van der Waals surface area contributed by atoms with E-state index >= 15 is 0 Å². The first-order valence-electron chi connectivity index (χ1n) is 9.69. The van der Waals surface area contributed by atoms with Crippen molar-refractivity contribution in [1.29, 1.82) is 0 Å². The van der Waals surface area contributed by atoms with Crippen molar-refractivity contribution in [2.75, 3.05) is 0 Å². The predicted octanol–water partition coefficient (Wildman–Crippen LogP) is 6.34. The summed E-state index contributed by atoms with van der Waals surface area (Å²) in [5.74, 6) is -0.0417. The Labute approximate surface area is 137 Å². The Kier molecular flexibility index (Phi) is 12.1. The highest BCUT2D eigenvalue weighted by Crippen LogP contribution is 2.16. The van der Waals surface area contributed by atoms with E-state index in [1.54, 1.807) is 0 Å². The van der Waals surface area contributed by atoms with Gasteiger partial charge in [-0.1, -0.05) is 83.6 Å². The lowest BCUT2D eigenvalue weighted by Crippen LogP contribution is -2.01. The fourth-order valence-corrected chi connectivity index (χ4v) is 3.03. The van der Waals surface area contributed by atoms with Crippen LogP contribution in [0.3, 0.4) is 0 Å². The fourth-order valence-electron chi connectivity index (χ4n) is 3.03. The lowest BCUT2D eigenvalue weighted by atomic mass is 10.0. The van der Waals surface area contributed by atoms with Crippen LogP contribution in [0.1, 0.15) is 103 Å². The molecule has 2 nitrogen and oxygen atoms in total. The molecule has 0 saturated carbocycles. The molecule has 2 heteroatoms. The fraction of sp³-hybridized carbons (Fsp3) is 0.850. The van der Waals surface area contributed by atoms with Gasteiger partial charge >= 0.3 is 5.97 Å². The monoisotopic (exact) mass is 308 g/mol. The Morgan fingerprint density at radius 1 is 0.909 bits per heavy atom. The van der Waals surface area contributed by atoms with E-state index in [4.69, 9.17) is 4.74 Å². The second-order valence-electron chi connectivity index (χ2n) is 6.67. The average Bonchev–Trinajstić information content (AvgIpc) is 2.93. The molecule has 0 amide bonds. The minimum Gasteiger partial charge on any atom is -0.458 e. The van der Waals surface area contributed by atoms with Gasteiger partial charge in [0.2, 0.25) is 0 Å². The maximum atomic E-state index is 10.9. The normalized spacial score (nSPS) is 18.2. The zero-order chi connectivity index (χ0) is 15.9. The molecule has 1 rings (SSSR count). The van der Waals surface area contributed by atoms with Crippen LogP contribution >= 0.6 is 0 Å². The highest BCUT2D eigenvalue weighted by molar-refractivity contribution is 5.71. The summed E-state index contributed by atoms with van der Waals surface area (Å²) in [6.07, 6.45) is 23.7. The van der Waals surface area contributed by atoms with E-state index in [9.17, 15) is 4.79 Å². The molecular formula is C20H36O2. The molecule has 1 saturated heterocycles. The average molecular weight is 309 g/mol. The molecule has 0 aromatic rings. The lowest BCUT2D eigenvalue weighted by Gasteiger charge is -2.03. The standard InChI is InChI=1S/C20H36O2/c1-2-3-4-5-6-7-8-9-10-11-12-13-14-15-16-19-17-18-20(21)22-19/h15-16,19H,2-14,17-18H2,1H3/b16-15-. The molecule has 0 aromatic carbocycles. The van der Waals surface area contributed by atoms with Gasteiger partial charge in [0.1, 0.15) is 6.10 Å². The van der Waals surface area contributed by atoms with E-state index in [1.165, 1.54) is 77.0 Å². The molecule has 1 aliphatic heterocycles. The van der Waals surface area contributed by atoms with Crippen molar-refractivity contribution in [2.45, 2.75) is 109 Å². The number of unbranched alkanes of at least 4 members (excludes halogenated alkanes) is 12. The van der Waals surface area contributed by atoms with Gasteiger partial charge in [-0.05, 0) is 25.3 Å². The quantitative estimate of drug-likeness (QED) is 0.213. The lowest BCUT2D eigenvalue weighted by molar-refractivity contribution is -0.139. The van der Waals surface area contributed by atoms with Crippen molar-refractivity contribution in [3.63, 3.8) is 0 Å². The maximum absolute atomic E-state index is 10.9. The molecule has 1 fully saturated rings. The molecule has 0 aliphatic carbocycles. The van der Waals surface area contributed by atoms with Crippen molar-refractivity contribution in [2.24, 2.45) is 0 Å². The van der Waals surface area contributed by atoms with Crippen LogP contribution in [0.4, 0.5) is 0 Å². The third-order valence-electron chi connectivity index (χ3n) is 4.49. The van der Waals surface area contributed by atoms with Gasteiger partial charge < -0.3 is 4.74 Å². The van der Waals surface area contributed by atoms with Crippen LogP contribution < -0.4 is 0 Å². The van der Waals surface area contributed by atoms with Crippen LogP contribution in [0.2, 0.25) is 0 Å². The van der Waals surface area contributed by atoms with E-state index in [0.29, 0.717) is 6.42 Å². The third kappa shape index (κ3) is 10.9. The topological polar surface area (TPSA) is 26.3 Å². The van der Waals surface area contributed by atoms with Gasteiger partial charge in [-0.3, -0.25) is 4.79 Å². The summed E-state index contributed by atoms with van der Waals surface area (Å²) in [5, 5.41) is 0. The van der Waals surface area contributed by atoms with Gasteiger partial charge in [0.05, 0.1) is 0 Å². The van der Waals surface area contributed by atoms with E-state index in [-0.39, 0.29) is 12.1 Å². The van der Waals surface area contributed by atoms with E-state index in [1.807, 2.05) is 0 Å².